The molecule has 2 N–H and O–H groups in total. The topological polar surface area (TPSA) is 58.2 Å². The van der Waals surface area contributed by atoms with Gasteiger partial charge in [0.05, 0.1) is 5.75 Å². The summed E-state index contributed by atoms with van der Waals surface area (Å²) in [4.78, 5) is 0. The van der Waals surface area contributed by atoms with E-state index in [0.29, 0.717) is 5.69 Å². The molecule has 5 heteroatoms. The molecule has 0 aliphatic carbocycles. The Kier molecular flexibility index (Phi) is 3.16. The molecular weight excluding hydrogens is 224 g/mol. The van der Waals surface area contributed by atoms with Crippen LogP contribution in [0.5, 0.6) is 0 Å². The van der Waals surface area contributed by atoms with E-state index in [0.717, 1.165) is 18.5 Å². The molecule has 0 bridgehead atoms. The number of hydrogen-bond acceptors (Lipinski definition) is 3. The maximum Gasteiger partial charge on any atom is 0.234 e. The second kappa shape index (κ2) is 4.43. The summed E-state index contributed by atoms with van der Waals surface area (Å²) in [6.45, 7) is 2.89. The molecule has 4 nitrogen and oxygen atoms in total. The van der Waals surface area contributed by atoms with Crippen molar-refractivity contribution in [2.24, 2.45) is 0 Å². The van der Waals surface area contributed by atoms with Crippen molar-refractivity contribution in [3.8, 4) is 0 Å². The Labute approximate surface area is 96.1 Å². The van der Waals surface area contributed by atoms with Gasteiger partial charge in [0.2, 0.25) is 10.0 Å². The fraction of sp³-hybridized carbons (Fsp3) is 0.455. The fourth-order valence-electron chi connectivity index (χ4n) is 1.60. The smallest absolute Gasteiger partial charge is 0.234 e. The second-order valence-corrected chi connectivity index (χ2v) is 5.96. The third kappa shape index (κ3) is 2.96. The van der Waals surface area contributed by atoms with Gasteiger partial charge >= 0.3 is 0 Å². The van der Waals surface area contributed by atoms with Gasteiger partial charge in [-0.15, -0.1) is 0 Å². The van der Waals surface area contributed by atoms with E-state index in [4.69, 9.17) is 0 Å². The highest BCUT2D eigenvalue weighted by molar-refractivity contribution is 7.92. The lowest BCUT2D eigenvalue weighted by molar-refractivity contribution is 0.399. The van der Waals surface area contributed by atoms with Crippen LogP contribution in [0.25, 0.3) is 0 Å². The van der Waals surface area contributed by atoms with E-state index in [-0.39, 0.29) is 11.8 Å². The highest BCUT2D eigenvalue weighted by atomic mass is 32.2. The highest BCUT2D eigenvalue weighted by Gasteiger charge is 2.23. The summed E-state index contributed by atoms with van der Waals surface area (Å²) in [6.07, 6.45) is 0.939. The van der Waals surface area contributed by atoms with Crippen molar-refractivity contribution in [3.05, 3.63) is 29.8 Å². The van der Waals surface area contributed by atoms with Gasteiger partial charge in [-0.3, -0.25) is 4.72 Å². The first-order chi connectivity index (χ1) is 7.55. The van der Waals surface area contributed by atoms with Gasteiger partial charge in [0, 0.05) is 11.7 Å². The standard InChI is InChI=1S/C11H16N2O2S/c1-9-2-4-10(5-3-9)13-16(14,15)8-11-6-7-12-11/h2-5,11-13H,6-8H2,1H3. The molecule has 0 saturated carbocycles. The number of rotatable bonds is 4. The number of sulfonamides is 1. The number of aryl methyl sites for hydroxylation is 1. The van der Waals surface area contributed by atoms with Crippen LogP contribution in [0.15, 0.2) is 24.3 Å². The minimum atomic E-state index is -3.22. The van der Waals surface area contributed by atoms with E-state index in [1.54, 1.807) is 12.1 Å². The number of anilines is 1. The number of benzene rings is 1. The normalized spacial score (nSPS) is 20.2. The first-order valence-corrected chi connectivity index (χ1v) is 7.01. The monoisotopic (exact) mass is 240 g/mol. The zero-order chi connectivity index (χ0) is 11.6. The molecule has 2 rings (SSSR count). The van der Waals surface area contributed by atoms with E-state index in [2.05, 4.69) is 10.0 Å². The maximum atomic E-state index is 11.7. The third-order valence-corrected chi connectivity index (χ3v) is 4.06. The van der Waals surface area contributed by atoms with Crippen molar-refractivity contribution in [2.75, 3.05) is 17.0 Å². The number of hydrogen-bond donors (Lipinski definition) is 2. The molecule has 1 heterocycles. The molecule has 0 spiro atoms. The van der Waals surface area contributed by atoms with Crippen molar-refractivity contribution in [3.63, 3.8) is 0 Å². The van der Waals surface area contributed by atoms with Gasteiger partial charge in [-0.1, -0.05) is 17.7 Å². The summed E-state index contributed by atoms with van der Waals surface area (Å²) in [5.74, 6) is 0.154. The molecule has 1 atom stereocenters. The largest absolute Gasteiger partial charge is 0.313 e. The summed E-state index contributed by atoms with van der Waals surface area (Å²) in [7, 11) is -3.22. The van der Waals surface area contributed by atoms with Gasteiger partial charge in [-0.2, -0.15) is 0 Å². The lowest BCUT2D eigenvalue weighted by atomic mass is 10.1. The molecule has 16 heavy (non-hydrogen) atoms. The lowest BCUT2D eigenvalue weighted by Crippen LogP contribution is -2.48. The molecule has 1 aliphatic heterocycles. The third-order valence-electron chi connectivity index (χ3n) is 2.67. The Hall–Kier alpha value is -1.07. The first kappa shape index (κ1) is 11.4. The van der Waals surface area contributed by atoms with Crippen LogP contribution in [0.2, 0.25) is 0 Å². The molecule has 1 saturated heterocycles. The zero-order valence-corrected chi connectivity index (χ0v) is 10.0. The highest BCUT2D eigenvalue weighted by Crippen LogP contribution is 2.13. The zero-order valence-electron chi connectivity index (χ0n) is 9.23. The Morgan fingerprint density at radius 3 is 2.50 bits per heavy atom. The molecule has 1 aliphatic rings. The fourth-order valence-corrected chi connectivity index (χ4v) is 2.99. The van der Waals surface area contributed by atoms with Gasteiger partial charge in [0.25, 0.3) is 0 Å². The van der Waals surface area contributed by atoms with E-state index >= 15 is 0 Å². The van der Waals surface area contributed by atoms with Crippen LogP contribution in [-0.4, -0.2) is 26.8 Å². The predicted octanol–water partition coefficient (Wildman–Crippen LogP) is 1.10. The van der Waals surface area contributed by atoms with Gasteiger partial charge in [0.15, 0.2) is 0 Å². The van der Waals surface area contributed by atoms with Crippen molar-refractivity contribution >= 4 is 15.7 Å². The van der Waals surface area contributed by atoms with E-state index in [9.17, 15) is 8.42 Å². The predicted molar refractivity (Wildman–Crippen MR) is 65.0 cm³/mol. The molecule has 1 fully saturated rings. The molecule has 1 aromatic rings. The Bertz CT molecular complexity index is 449. The SMILES string of the molecule is Cc1ccc(NS(=O)(=O)CC2CCN2)cc1. The Morgan fingerprint density at radius 2 is 2.00 bits per heavy atom. The minimum absolute atomic E-state index is 0.114. The van der Waals surface area contributed by atoms with Gasteiger partial charge < -0.3 is 5.32 Å². The van der Waals surface area contributed by atoms with Crippen LogP contribution in [0.4, 0.5) is 5.69 Å². The molecule has 1 aromatic carbocycles. The molecule has 0 radical (unpaired) electrons. The molecule has 1 unspecified atom stereocenters. The molecule has 0 amide bonds. The molecule has 88 valence electrons. The van der Waals surface area contributed by atoms with Crippen LogP contribution in [0.1, 0.15) is 12.0 Å². The second-order valence-electron chi connectivity index (χ2n) is 4.19. The average molecular weight is 240 g/mol. The molecule has 0 aromatic heterocycles. The first-order valence-electron chi connectivity index (χ1n) is 5.36. The summed E-state index contributed by atoms with van der Waals surface area (Å²) in [6, 6.07) is 7.45. The van der Waals surface area contributed by atoms with Crippen molar-refractivity contribution in [1.82, 2.24) is 5.32 Å². The summed E-state index contributed by atoms with van der Waals surface area (Å²) in [5.41, 5.74) is 1.74. The van der Waals surface area contributed by atoms with Crippen LogP contribution in [0.3, 0.4) is 0 Å². The maximum absolute atomic E-state index is 11.7. The van der Waals surface area contributed by atoms with Crippen LogP contribution < -0.4 is 10.0 Å². The summed E-state index contributed by atoms with van der Waals surface area (Å²) >= 11 is 0. The van der Waals surface area contributed by atoms with E-state index in [1.807, 2.05) is 19.1 Å². The quantitative estimate of drug-likeness (QED) is 0.828. The summed E-state index contributed by atoms with van der Waals surface area (Å²) < 4.78 is 26.1. The lowest BCUT2D eigenvalue weighted by Gasteiger charge is -2.27. The van der Waals surface area contributed by atoms with Gasteiger partial charge in [-0.05, 0) is 32.0 Å². The number of nitrogens with one attached hydrogen (secondary N) is 2. The Morgan fingerprint density at radius 1 is 1.38 bits per heavy atom. The van der Waals surface area contributed by atoms with Crippen molar-refractivity contribution in [2.45, 2.75) is 19.4 Å². The van der Waals surface area contributed by atoms with E-state index in [1.165, 1.54) is 0 Å². The minimum Gasteiger partial charge on any atom is -0.313 e. The van der Waals surface area contributed by atoms with Gasteiger partial charge in [0.1, 0.15) is 0 Å². The van der Waals surface area contributed by atoms with Crippen LogP contribution in [-0.2, 0) is 10.0 Å². The Balaban J connectivity index is 1.99. The van der Waals surface area contributed by atoms with Gasteiger partial charge in [-0.25, -0.2) is 8.42 Å². The van der Waals surface area contributed by atoms with Crippen molar-refractivity contribution in [1.29, 1.82) is 0 Å². The van der Waals surface area contributed by atoms with E-state index < -0.39 is 10.0 Å². The van der Waals surface area contributed by atoms with Crippen LogP contribution in [0, 0.1) is 6.92 Å². The van der Waals surface area contributed by atoms with Crippen molar-refractivity contribution < 1.29 is 8.42 Å². The summed E-state index contributed by atoms with van der Waals surface area (Å²) in [5, 5.41) is 3.08. The average Bonchev–Trinajstić information content (AvgIpc) is 2.16. The van der Waals surface area contributed by atoms with Crippen LogP contribution >= 0.6 is 0 Å². The molecular formula is C11H16N2O2S.